The number of thioether (sulfide) groups is 1. The number of carbonyl (C=O) groups is 1. The monoisotopic (exact) mass is 280 g/mol. The molecule has 0 aliphatic carbocycles. The number of nitrogens with zero attached hydrogens (tertiary/aromatic N) is 1. The lowest BCUT2D eigenvalue weighted by atomic mass is 9.90. The third kappa shape index (κ3) is 3.77. The Bertz CT molecular complexity index is 490. The second kappa shape index (κ2) is 6.16. The van der Waals surface area contributed by atoms with Crippen molar-refractivity contribution in [1.29, 1.82) is 5.26 Å². The van der Waals surface area contributed by atoms with E-state index in [0.29, 0.717) is 0 Å². The Balaban J connectivity index is 2.69. The Morgan fingerprint density at radius 2 is 2.16 bits per heavy atom. The van der Waals surface area contributed by atoms with E-state index in [-0.39, 0.29) is 17.1 Å². The third-order valence-corrected chi connectivity index (χ3v) is 4.50. The van der Waals surface area contributed by atoms with E-state index in [2.05, 4.69) is 11.4 Å². The molecule has 0 aliphatic rings. The minimum absolute atomic E-state index is 0.0503. The Morgan fingerprint density at radius 3 is 2.58 bits per heavy atom. The third-order valence-electron chi connectivity index (χ3n) is 3.25. The van der Waals surface area contributed by atoms with Crippen molar-refractivity contribution in [3.63, 3.8) is 0 Å². The molecule has 1 N–H and O–H groups in total. The first-order chi connectivity index (χ1) is 8.80. The minimum atomic E-state index is -0.836. The van der Waals surface area contributed by atoms with Gasteiger partial charge in [-0.05, 0) is 32.8 Å². The summed E-state index contributed by atoms with van der Waals surface area (Å²) in [7, 11) is 0. The quantitative estimate of drug-likeness (QED) is 0.842. The molecule has 0 fully saturated rings. The first-order valence-corrected chi connectivity index (χ1v) is 7.12. The topological polar surface area (TPSA) is 66.0 Å². The van der Waals surface area contributed by atoms with Gasteiger partial charge in [-0.15, -0.1) is 11.8 Å². The van der Waals surface area contributed by atoms with E-state index in [1.165, 1.54) is 11.8 Å². The number of hydrogen-bond donors (Lipinski definition) is 1. The number of carbonyl (C=O) groups excluding carboxylic acids is 1. The number of nitriles is 1. The van der Waals surface area contributed by atoms with Gasteiger partial charge < -0.3 is 9.73 Å². The van der Waals surface area contributed by atoms with Crippen molar-refractivity contribution in [2.75, 3.05) is 0 Å². The summed E-state index contributed by atoms with van der Waals surface area (Å²) in [6, 6.07) is 4.02. The van der Waals surface area contributed by atoms with E-state index >= 15 is 0 Å². The normalized spacial score (nSPS) is 15.6. The molecular formula is C14H20N2O2S. The van der Waals surface area contributed by atoms with Crippen LogP contribution in [-0.4, -0.2) is 16.7 Å². The second-order valence-electron chi connectivity index (χ2n) is 5.06. The van der Waals surface area contributed by atoms with Crippen molar-refractivity contribution < 1.29 is 9.21 Å². The Kier molecular flexibility index (Phi) is 5.07. The molecule has 0 saturated heterocycles. The number of amides is 1. The van der Waals surface area contributed by atoms with Gasteiger partial charge in [0.1, 0.15) is 11.3 Å². The molecule has 1 aromatic rings. The van der Waals surface area contributed by atoms with Gasteiger partial charge in [0.2, 0.25) is 5.91 Å². The smallest absolute Gasteiger partial charge is 0.234 e. The number of nitrogens with one attached hydrogen (secondary N) is 1. The van der Waals surface area contributed by atoms with E-state index in [4.69, 9.17) is 4.42 Å². The van der Waals surface area contributed by atoms with E-state index in [1.54, 1.807) is 13.2 Å². The molecule has 0 saturated carbocycles. The summed E-state index contributed by atoms with van der Waals surface area (Å²) in [5, 5.41) is 11.7. The van der Waals surface area contributed by atoms with Gasteiger partial charge in [0.25, 0.3) is 0 Å². The highest BCUT2D eigenvalue weighted by Crippen LogP contribution is 2.28. The highest BCUT2D eigenvalue weighted by molar-refractivity contribution is 8.00. The fourth-order valence-electron chi connectivity index (χ4n) is 1.40. The van der Waals surface area contributed by atoms with Crippen LogP contribution in [0.25, 0.3) is 0 Å². The molecule has 1 heterocycles. The number of hydrogen-bond acceptors (Lipinski definition) is 4. The lowest BCUT2D eigenvalue weighted by Gasteiger charge is -2.28. The second-order valence-corrected chi connectivity index (χ2v) is 6.44. The van der Waals surface area contributed by atoms with Gasteiger partial charge in [-0.3, -0.25) is 4.79 Å². The number of furan rings is 1. The Labute approximate surface area is 118 Å². The van der Waals surface area contributed by atoms with Crippen LogP contribution in [0.3, 0.4) is 0 Å². The Morgan fingerprint density at radius 1 is 1.53 bits per heavy atom. The fourth-order valence-corrected chi connectivity index (χ4v) is 2.29. The molecule has 2 atom stereocenters. The lowest BCUT2D eigenvalue weighted by molar-refractivity contribution is -0.121. The Hall–Kier alpha value is -1.41. The highest BCUT2D eigenvalue weighted by atomic mass is 32.2. The molecule has 0 spiro atoms. The first kappa shape index (κ1) is 15.6. The molecular weight excluding hydrogens is 260 g/mol. The van der Waals surface area contributed by atoms with Gasteiger partial charge in [-0.25, -0.2) is 0 Å². The maximum Gasteiger partial charge on any atom is 0.234 e. The van der Waals surface area contributed by atoms with Crippen LogP contribution < -0.4 is 5.32 Å². The molecule has 4 nitrogen and oxygen atoms in total. The van der Waals surface area contributed by atoms with E-state index in [1.807, 2.05) is 33.8 Å². The molecule has 0 unspecified atom stereocenters. The van der Waals surface area contributed by atoms with Gasteiger partial charge in [-0.1, -0.05) is 13.8 Å². The average Bonchev–Trinajstić information content (AvgIpc) is 2.74. The number of aryl methyl sites for hydroxylation is 1. The summed E-state index contributed by atoms with van der Waals surface area (Å²) in [6.45, 7) is 9.27. The predicted molar refractivity (Wildman–Crippen MR) is 75.8 cm³/mol. The van der Waals surface area contributed by atoms with Crippen LogP contribution in [-0.2, 0) is 4.79 Å². The maximum absolute atomic E-state index is 12.1. The summed E-state index contributed by atoms with van der Waals surface area (Å²) in [5.74, 6) is 0.717. The highest BCUT2D eigenvalue weighted by Gasteiger charge is 2.31. The van der Waals surface area contributed by atoms with E-state index in [0.717, 1.165) is 10.7 Å². The van der Waals surface area contributed by atoms with Gasteiger partial charge in [0.05, 0.1) is 17.6 Å². The van der Waals surface area contributed by atoms with Crippen molar-refractivity contribution in [2.24, 2.45) is 5.92 Å². The molecule has 1 amide bonds. The van der Waals surface area contributed by atoms with Gasteiger partial charge in [0, 0.05) is 4.90 Å². The fraction of sp³-hybridized carbons (Fsp3) is 0.571. The van der Waals surface area contributed by atoms with Crippen LogP contribution in [0, 0.1) is 24.2 Å². The maximum atomic E-state index is 12.1. The first-order valence-electron chi connectivity index (χ1n) is 6.24. The standard InChI is InChI=1S/C14H20N2O2S/c1-9(2)14(5,8-15)16-13(17)11(4)19-12-6-7-18-10(12)3/h6-7,9,11H,1-5H3,(H,16,17)/t11-,14+/m1/s1. The van der Waals surface area contributed by atoms with Crippen LogP contribution >= 0.6 is 11.8 Å². The molecule has 0 radical (unpaired) electrons. The molecule has 104 valence electrons. The lowest BCUT2D eigenvalue weighted by Crippen LogP contribution is -2.51. The van der Waals surface area contributed by atoms with Crippen LogP contribution in [0.1, 0.15) is 33.5 Å². The predicted octanol–water partition coefficient (Wildman–Crippen LogP) is 3.12. The largest absolute Gasteiger partial charge is 0.468 e. The summed E-state index contributed by atoms with van der Waals surface area (Å²) in [5.41, 5.74) is -0.836. The van der Waals surface area contributed by atoms with Gasteiger partial charge >= 0.3 is 0 Å². The summed E-state index contributed by atoms with van der Waals surface area (Å²) in [4.78, 5) is 13.1. The molecule has 0 aromatic carbocycles. The minimum Gasteiger partial charge on any atom is -0.468 e. The average molecular weight is 280 g/mol. The summed E-state index contributed by atoms with van der Waals surface area (Å²) < 4.78 is 5.20. The zero-order chi connectivity index (χ0) is 14.6. The van der Waals surface area contributed by atoms with E-state index in [9.17, 15) is 10.1 Å². The van der Waals surface area contributed by atoms with Crippen LogP contribution in [0.4, 0.5) is 0 Å². The van der Waals surface area contributed by atoms with Gasteiger partial charge in [-0.2, -0.15) is 5.26 Å². The van der Waals surface area contributed by atoms with Crippen LogP contribution in [0.15, 0.2) is 21.6 Å². The SMILES string of the molecule is Cc1occc1S[C@H](C)C(=O)N[C@@](C)(C#N)C(C)C. The van der Waals surface area contributed by atoms with Crippen molar-refractivity contribution in [2.45, 2.75) is 50.3 Å². The van der Waals surface area contributed by atoms with Crippen LogP contribution in [0.5, 0.6) is 0 Å². The molecule has 19 heavy (non-hydrogen) atoms. The zero-order valence-electron chi connectivity index (χ0n) is 12.0. The van der Waals surface area contributed by atoms with Crippen LogP contribution in [0.2, 0.25) is 0 Å². The molecule has 1 aromatic heterocycles. The van der Waals surface area contributed by atoms with Crippen molar-refractivity contribution in [3.8, 4) is 6.07 Å². The number of rotatable bonds is 5. The zero-order valence-corrected chi connectivity index (χ0v) is 12.8. The molecule has 1 rings (SSSR count). The summed E-state index contributed by atoms with van der Waals surface area (Å²) in [6.07, 6.45) is 1.61. The molecule has 0 aliphatic heterocycles. The van der Waals surface area contributed by atoms with E-state index < -0.39 is 5.54 Å². The van der Waals surface area contributed by atoms with Crippen molar-refractivity contribution in [3.05, 3.63) is 18.1 Å². The van der Waals surface area contributed by atoms with Gasteiger partial charge in [0.15, 0.2) is 0 Å². The van der Waals surface area contributed by atoms with Crippen molar-refractivity contribution >= 4 is 17.7 Å². The molecule has 5 heteroatoms. The molecule has 0 bridgehead atoms. The van der Waals surface area contributed by atoms with Crippen molar-refractivity contribution in [1.82, 2.24) is 5.32 Å². The summed E-state index contributed by atoms with van der Waals surface area (Å²) >= 11 is 1.43.